The number of rotatable bonds is 7. The van der Waals surface area contributed by atoms with Crippen molar-refractivity contribution in [1.82, 2.24) is 10.6 Å². The maximum Gasteiger partial charge on any atom is 0.328 e. The molecule has 0 saturated carbocycles. The first-order chi connectivity index (χ1) is 9.13. The van der Waals surface area contributed by atoms with Crippen molar-refractivity contribution in [2.45, 2.75) is 43.9 Å². The number of methoxy groups -OCH3 is 1. The highest BCUT2D eigenvalue weighted by molar-refractivity contribution is 8.77. The largest absolute Gasteiger partial charge is 0.467 e. The van der Waals surface area contributed by atoms with Gasteiger partial charge in [0.05, 0.1) is 7.11 Å². The van der Waals surface area contributed by atoms with Crippen LogP contribution in [-0.2, 0) is 9.53 Å². The molecule has 0 spiro atoms. The molecule has 7 heteroatoms. The Hall–Kier alpha value is -0.560. The summed E-state index contributed by atoms with van der Waals surface area (Å²) >= 11 is 0. The van der Waals surface area contributed by atoms with Crippen LogP contribution in [0.3, 0.4) is 0 Å². The first-order valence-electron chi connectivity index (χ1n) is 6.54. The summed E-state index contributed by atoms with van der Waals surface area (Å²) in [4.78, 5) is 22.6. The molecule has 2 atom stereocenters. The van der Waals surface area contributed by atoms with E-state index < -0.39 is 12.0 Å². The number of nitrogens with one attached hydrogen (secondary N) is 2. The van der Waals surface area contributed by atoms with Crippen LogP contribution in [0.15, 0.2) is 0 Å². The van der Waals surface area contributed by atoms with Gasteiger partial charge in [-0.15, -0.1) is 0 Å². The Morgan fingerprint density at radius 3 is 2.84 bits per heavy atom. The Balaban J connectivity index is 1.99. The van der Waals surface area contributed by atoms with Crippen LogP contribution in [0, 0.1) is 0 Å². The van der Waals surface area contributed by atoms with E-state index in [4.69, 9.17) is 0 Å². The molecule has 2 N–H and O–H groups in total. The topological polar surface area (TPSA) is 67.4 Å². The molecule has 1 fully saturated rings. The van der Waals surface area contributed by atoms with Crippen molar-refractivity contribution in [3.05, 3.63) is 0 Å². The van der Waals surface area contributed by atoms with Gasteiger partial charge in [-0.05, 0) is 26.2 Å². The molecule has 1 rings (SSSR count). The van der Waals surface area contributed by atoms with Gasteiger partial charge in [-0.3, -0.25) is 0 Å². The van der Waals surface area contributed by atoms with Crippen molar-refractivity contribution in [1.29, 1.82) is 0 Å². The highest BCUT2D eigenvalue weighted by Crippen LogP contribution is 2.39. The van der Waals surface area contributed by atoms with Gasteiger partial charge in [0.1, 0.15) is 6.04 Å². The minimum absolute atomic E-state index is 0.316. The third kappa shape index (κ3) is 6.96. The van der Waals surface area contributed by atoms with E-state index >= 15 is 0 Å². The molecule has 1 heterocycles. The van der Waals surface area contributed by atoms with Crippen molar-refractivity contribution in [3.8, 4) is 0 Å². The number of carbonyl (C=O) groups is 2. The summed E-state index contributed by atoms with van der Waals surface area (Å²) < 4.78 is 4.53. The lowest BCUT2D eigenvalue weighted by Gasteiger charge is -2.12. The molecule has 1 aliphatic heterocycles. The van der Waals surface area contributed by atoms with Crippen LogP contribution in [0.5, 0.6) is 0 Å². The van der Waals surface area contributed by atoms with E-state index in [1.807, 2.05) is 21.6 Å². The van der Waals surface area contributed by atoms with E-state index in [0.29, 0.717) is 6.54 Å². The van der Waals surface area contributed by atoms with E-state index in [1.165, 1.54) is 25.7 Å². The highest BCUT2D eigenvalue weighted by Gasteiger charge is 2.16. The smallest absolute Gasteiger partial charge is 0.328 e. The number of hydrogen-bond donors (Lipinski definition) is 2. The second-order valence-electron chi connectivity index (χ2n) is 4.47. The van der Waals surface area contributed by atoms with Crippen molar-refractivity contribution in [3.63, 3.8) is 0 Å². The number of urea groups is 1. The molecule has 0 aromatic heterocycles. The van der Waals surface area contributed by atoms with Crippen molar-refractivity contribution < 1.29 is 14.3 Å². The van der Waals surface area contributed by atoms with E-state index in [1.54, 1.807) is 6.92 Å². The van der Waals surface area contributed by atoms with Gasteiger partial charge in [-0.1, -0.05) is 28.0 Å². The van der Waals surface area contributed by atoms with Crippen LogP contribution in [0.25, 0.3) is 0 Å². The van der Waals surface area contributed by atoms with Crippen LogP contribution in [-0.4, -0.2) is 42.7 Å². The fourth-order valence-electron chi connectivity index (χ4n) is 1.75. The molecule has 0 aromatic rings. The molecule has 1 saturated heterocycles. The number of hydrogen-bond acceptors (Lipinski definition) is 5. The molecule has 5 nitrogen and oxygen atoms in total. The monoisotopic (exact) mass is 306 g/mol. The van der Waals surface area contributed by atoms with E-state index in [2.05, 4.69) is 15.4 Å². The summed E-state index contributed by atoms with van der Waals surface area (Å²) in [6, 6.07) is -0.930. The molecule has 1 aliphatic rings. The van der Waals surface area contributed by atoms with Gasteiger partial charge in [0.15, 0.2) is 0 Å². The molecule has 0 bridgehead atoms. The van der Waals surface area contributed by atoms with Gasteiger partial charge < -0.3 is 15.4 Å². The average Bonchev–Trinajstić information content (AvgIpc) is 2.90. The van der Waals surface area contributed by atoms with Crippen molar-refractivity contribution in [2.75, 3.05) is 19.4 Å². The Morgan fingerprint density at radius 2 is 2.21 bits per heavy atom. The standard InChI is InChI=1S/C12H22N2O3S2/c1-9(11(15)17-2)14-12(16)13-7-4-3-5-10-6-8-18-19-10/h9-10H,3-8H2,1-2H3,(H2,13,14,16)/t9?,10-/m1/s1. The summed E-state index contributed by atoms with van der Waals surface area (Å²) in [5.74, 6) is 0.826. The number of amides is 2. The van der Waals surface area contributed by atoms with Crippen LogP contribution < -0.4 is 10.6 Å². The zero-order valence-electron chi connectivity index (χ0n) is 11.4. The lowest BCUT2D eigenvalue weighted by molar-refractivity contribution is -0.142. The summed E-state index contributed by atoms with van der Waals surface area (Å²) in [6.45, 7) is 2.24. The summed E-state index contributed by atoms with van der Waals surface area (Å²) in [5, 5.41) is 6.07. The third-order valence-electron chi connectivity index (χ3n) is 2.87. The average molecular weight is 306 g/mol. The van der Waals surface area contributed by atoms with Crippen LogP contribution in [0.4, 0.5) is 4.79 Å². The van der Waals surface area contributed by atoms with Gasteiger partial charge >= 0.3 is 12.0 Å². The second-order valence-corrected chi connectivity index (χ2v) is 7.26. The number of unbranched alkanes of at least 4 members (excludes halogenated alkanes) is 1. The molecular formula is C12H22N2O3S2. The first-order valence-corrected chi connectivity index (χ1v) is 8.92. The molecule has 0 radical (unpaired) electrons. The van der Waals surface area contributed by atoms with Gasteiger partial charge in [0.2, 0.25) is 0 Å². The van der Waals surface area contributed by atoms with Gasteiger partial charge in [-0.25, -0.2) is 9.59 Å². The Kier molecular flexibility index (Phi) is 8.13. The Morgan fingerprint density at radius 1 is 1.42 bits per heavy atom. The van der Waals surface area contributed by atoms with Crippen molar-refractivity contribution >= 4 is 33.6 Å². The van der Waals surface area contributed by atoms with Gasteiger partial charge in [-0.2, -0.15) is 0 Å². The summed E-state index contributed by atoms with van der Waals surface area (Å²) in [6.07, 6.45) is 4.63. The third-order valence-corrected chi connectivity index (χ3v) is 5.87. The van der Waals surface area contributed by atoms with E-state index in [9.17, 15) is 9.59 Å². The summed E-state index contributed by atoms with van der Waals surface area (Å²) in [7, 11) is 5.25. The molecule has 19 heavy (non-hydrogen) atoms. The van der Waals surface area contributed by atoms with Crippen LogP contribution >= 0.6 is 21.6 Å². The quantitative estimate of drug-likeness (QED) is 0.429. The maximum absolute atomic E-state index is 11.5. The van der Waals surface area contributed by atoms with Gasteiger partial charge in [0, 0.05) is 17.5 Å². The number of esters is 1. The zero-order chi connectivity index (χ0) is 14.1. The van der Waals surface area contributed by atoms with E-state index in [-0.39, 0.29) is 6.03 Å². The molecule has 110 valence electrons. The minimum atomic E-state index is -0.614. The molecular weight excluding hydrogens is 284 g/mol. The molecule has 1 unspecified atom stereocenters. The Bertz CT molecular complexity index is 297. The first kappa shape index (κ1) is 16.5. The predicted molar refractivity (Wildman–Crippen MR) is 80.3 cm³/mol. The lowest BCUT2D eigenvalue weighted by atomic mass is 10.1. The normalized spacial score (nSPS) is 19.8. The van der Waals surface area contributed by atoms with Crippen LogP contribution in [0.1, 0.15) is 32.6 Å². The number of carbonyl (C=O) groups excluding carboxylic acids is 2. The van der Waals surface area contributed by atoms with Crippen LogP contribution in [0.2, 0.25) is 0 Å². The fourth-order valence-corrected chi connectivity index (χ4v) is 4.77. The maximum atomic E-state index is 11.5. The lowest BCUT2D eigenvalue weighted by Crippen LogP contribution is -2.45. The molecule has 0 aliphatic carbocycles. The van der Waals surface area contributed by atoms with Gasteiger partial charge in [0.25, 0.3) is 0 Å². The highest BCUT2D eigenvalue weighted by atomic mass is 33.1. The zero-order valence-corrected chi connectivity index (χ0v) is 13.1. The fraction of sp³-hybridized carbons (Fsp3) is 0.833. The molecule has 2 amide bonds. The second kappa shape index (κ2) is 9.36. The molecule has 0 aromatic carbocycles. The predicted octanol–water partition coefficient (Wildman–Crippen LogP) is 2.17. The Labute approximate surface area is 122 Å². The van der Waals surface area contributed by atoms with E-state index in [0.717, 1.165) is 18.1 Å². The summed E-state index contributed by atoms with van der Waals surface area (Å²) in [5.41, 5.74) is 0. The van der Waals surface area contributed by atoms with Crippen molar-refractivity contribution in [2.24, 2.45) is 0 Å². The number of ether oxygens (including phenoxy) is 1. The SMILES string of the molecule is COC(=O)C(C)NC(=O)NCCCC[C@@H]1CCSS1. The minimum Gasteiger partial charge on any atom is -0.467 e.